The van der Waals surface area contributed by atoms with Gasteiger partial charge in [0.15, 0.2) is 0 Å². The van der Waals surface area contributed by atoms with Crippen LogP contribution < -0.4 is 15.8 Å². The number of H-pyrrole nitrogens is 1. The van der Waals surface area contributed by atoms with Gasteiger partial charge in [0.05, 0.1) is 11.3 Å². The van der Waals surface area contributed by atoms with Crippen molar-refractivity contribution in [1.29, 1.82) is 0 Å². The third-order valence-corrected chi connectivity index (χ3v) is 5.04. The first kappa shape index (κ1) is 18.3. The molecule has 1 aromatic heterocycles. The van der Waals surface area contributed by atoms with E-state index in [0.29, 0.717) is 12.5 Å². The maximum Gasteiger partial charge on any atom is 0.257 e. The smallest absolute Gasteiger partial charge is 0.257 e. The number of fused-ring (bicyclic) bond motifs is 1. The molecule has 2 heterocycles. The normalized spacial score (nSPS) is 13.8. The summed E-state index contributed by atoms with van der Waals surface area (Å²) in [6.07, 6.45) is 0.778. The van der Waals surface area contributed by atoms with Crippen molar-refractivity contribution in [2.45, 2.75) is 19.5 Å². The molecule has 0 radical (unpaired) electrons. The van der Waals surface area contributed by atoms with E-state index in [-0.39, 0.29) is 5.56 Å². The van der Waals surface area contributed by atoms with Crippen LogP contribution in [0.1, 0.15) is 16.8 Å². The highest BCUT2D eigenvalue weighted by Gasteiger charge is 2.21. The molecule has 6 heteroatoms. The Bertz CT molecular complexity index is 996. The number of hydrogen-bond donors (Lipinski definition) is 2. The summed E-state index contributed by atoms with van der Waals surface area (Å²) in [7, 11) is 4.01. The van der Waals surface area contributed by atoms with Crippen molar-refractivity contribution in [3.05, 3.63) is 81.8 Å². The number of rotatable bonds is 5. The van der Waals surface area contributed by atoms with Crippen molar-refractivity contribution in [2.24, 2.45) is 0 Å². The van der Waals surface area contributed by atoms with Crippen LogP contribution in [0, 0.1) is 0 Å². The van der Waals surface area contributed by atoms with Gasteiger partial charge in [-0.1, -0.05) is 30.3 Å². The highest BCUT2D eigenvalue weighted by Crippen LogP contribution is 2.20. The third-order valence-electron chi connectivity index (χ3n) is 5.04. The molecule has 0 fully saturated rings. The molecule has 28 heavy (non-hydrogen) atoms. The van der Waals surface area contributed by atoms with Crippen LogP contribution >= 0.6 is 0 Å². The molecule has 144 valence electrons. The molecule has 0 unspecified atom stereocenters. The zero-order chi connectivity index (χ0) is 19.5. The first-order valence-corrected chi connectivity index (χ1v) is 9.51. The first-order chi connectivity index (χ1) is 13.6. The van der Waals surface area contributed by atoms with Crippen molar-refractivity contribution >= 4 is 17.3 Å². The molecule has 0 saturated heterocycles. The van der Waals surface area contributed by atoms with Gasteiger partial charge < -0.3 is 10.2 Å². The summed E-state index contributed by atoms with van der Waals surface area (Å²) in [5.74, 6) is 0.498. The molecule has 0 saturated carbocycles. The van der Waals surface area contributed by atoms with Crippen molar-refractivity contribution in [1.82, 2.24) is 14.9 Å². The lowest BCUT2D eigenvalue weighted by molar-refractivity contribution is 0.242. The Balaban J connectivity index is 1.49. The number of aromatic amines is 1. The van der Waals surface area contributed by atoms with Crippen molar-refractivity contribution in [3.63, 3.8) is 0 Å². The lowest BCUT2D eigenvalue weighted by Gasteiger charge is -2.27. The van der Waals surface area contributed by atoms with Crippen LogP contribution in [0.5, 0.6) is 0 Å². The van der Waals surface area contributed by atoms with Gasteiger partial charge in [0.25, 0.3) is 5.56 Å². The summed E-state index contributed by atoms with van der Waals surface area (Å²) in [6, 6.07) is 18.4. The van der Waals surface area contributed by atoms with Gasteiger partial charge in [0.1, 0.15) is 0 Å². The molecule has 2 aromatic carbocycles. The zero-order valence-corrected chi connectivity index (χ0v) is 16.3. The zero-order valence-electron chi connectivity index (χ0n) is 16.3. The minimum absolute atomic E-state index is 0.0600. The average molecular weight is 375 g/mol. The van der Waals surface area contributed by atoms with Gasteiger partial charge in [-0.15, -0.1) is 0 Å². The van der Waals surface area contributed by atoms with Crippen LogP contribution in [-0.2, 0) is 19.5 Å². The van der Waals surface area contributed by atoms with E-state index in [1.165, 1.54) is 5.56 Å². The lowest BCUT2D eigenvalue weighted by Crippen LogP contribution is -2.35. The Morgan fingerprint density at radius 1 is 1.11 bits per heavy atom. The summed E-state index contributed by atoms with van der Waals surface area (Å²) in [4.78, 5) is 24.5. The second kappa shape index (κ2) is 7.86. The highest BCUT2D eigenvalue weighted by molar-refractivity contribution is 5.59. The summed E-state index contributed by atoms with van der Waals surface area (Å²) in [5, 5.41) is 3.21. The van der Waals surface area contributed by atoms with Gasteiger partial charge in [0.2, 0.25) is 5.95 Å². The molecule has 0 spiro atoms. The molecule has 0 atom stereocenters. The summed E-state index contributed by atoms with van der Waals surface area (Å²) in [5.41, 5.74) is 4.88. The topological polar surface area (TPSA) is 64.3 Å². The fourth-order valence-electron chi connectivity index (χ4n) is 3.50. The molecule has 3 aromatic rings. The minimum atomic E-state index is -0.0600. The number of hydrogen-bond acceptors (Lipinski definition) is 5. The van der Waals surface area contributed by atoms with Gasteiger partial charge in [-0.25, -0.2) is 4.98 Å². The van der Waals surface area contributed by atoms with Gasteiger partial charge >= 0.3 is 0 Å². The van der Waals surface area contributed by atoms with E-state index in [1.807, 2.05) is 61.5 Å². The van der Waals surface area contributed by atoms with Crippen LogP contribution in [0.25, 0.3) is 0 Å². The largest absolute Gasteiger partial charge is 0.378 e. The van der Waals surface area contributed by atoms with E-state index in [2.05, 4.69) is 32.3 Å². The molecule has 0 amide bonds. The Labute approximate surface area is 164 Å². The van der Waals surface area contributed by atoms with Gasteiger partial charge in [0, 0.05) is 51.5 Å². The van der Waals surface area contributed by atoms with Crippen LogP contribution in [0.2, 0.25) is 0 Å². The minimum Gasteiger partial charge on any atom is -0.378 e. The summed E-state index contributed by atoms with van der Waals surface area (Å²) < 4.78 is 0. The highest BCUT2D eigenvalue weighted by atomic mass is 16.1. The molecule has 0 bridgehead atoms. The Hall–Kier alpha value is -3.12. The molecular formula is C22H25N5O. The van der Waals surface area contributed by atoms with Gasteiger partial charge in [-0.3, -0.25) is 14.7 Å². The number of nitrogens with zero attached hydrogens (tertiary/aromatic N) is 3. The van der Waals surface area contributed by atoms with Crippen LogP contribution in [0.15, 0.2) is 59.4 Å². The van der Waals surface area contributed by atoms with E-state index >= 15 is 0 Å². The van der Waals surface area contributed by atoms with Crippen LogP contribution in [0.3, 0.4) is 0 Å². The molecular weight excluding hydrogens is 350 g/mol. The van der Waals surface area contributed by atoms with Gasteiger partial charge in [-0.2, -0.15) is 0 Å². The predicted octanol–water partition coefficient (Wildman–Crippen LogP) is 3.14. The number of nitrogens with one attached hydrogen (secondary N) is 2. The second-order valence-corrected chi connectivity index (χ2v) is 7.35. The third kappa shape index (κ3) is 4.07. The van der Waals surface area contributed by atoms with Crippen molar-refractivity contribution in [3.8, 4) is 0 Å². The SMILES string of the molecule is CN(C)c1ccc(Nc2nc3c(c(=O)[nH]2)CN(Cc2ccccc2)CC3)cc1. The van der Waals surface area contributed by atoms with Crippen LogP contribution in [-0.4, -0.2) is 35.5 Å². The first-order valence-electron chi connectivity index (χ1n) is 9.51. The van der Waals surface area contributed by atoms with E-state index in [0.717, 1.165) is 42.1 Å². The quantitative estimate of drug-likeness (QED) is 0.717. The Kier molecular flexibility index (Phi) is 5.12. The molecule has 2 N–H and O–H groups in total. The molecule has 4 rings (SSSR count). The lowest BCUT2D eigenvalue weighted by atomic mass is 10.1. The summed E-state index contributed by atoms with van der Waals surface area (Å²) in [6.45, 7) is 2.37. The van der Waals surface area contributed by atoms with E-state index in [9.17, 15) is 4.79 Å². The molecule has 6 nitrogen and oxygen atoms in total. The number of benzene rings is 2. The molecule has 1 aliphatic heterocycles. The predicted molar refractivity (Wildman–Crippen MR) is 113 cm³/mol. The van der Waals surface area contributed by atoms with E-state index in [1.54, 1.807) is 0 Å². The maximum atomic E-state index is 12.6. The van der Waals surface area contributed by atoms with Crippen molar-refractivity contribution < 1.29 is 0 Å². The number of aromatic nitrogens is 2. The second-order valence-electron chi connectivity index (χ2n) is 7.35. The van der Waals surface area contributed by atoms with Crippen molar-refractivity contribution in [2.75, 3.05) is 30.9 Å². The number of anilines is 3. The van der Waals surface area contributed by atoms with Gasteiger partial charge in [-0.05, 0) is 29.8 Å². The Morgan fingerprint density at radius 3 is 2.57 bits per heavy atom. The fraction of sp³-hybridized carbons (Fsp3) is 0.273. The van der Waals surface area contributed by atoms with Crippen LogP contribution in [0.4, 0.5) is 17.3 Å². The maximum absolute atomic E-state index is 12.6. The van der Waals surface area contributed by atoms with E-state index < -0.39 is 0 Å². The van der Waals surface area contributed by atoms with E-state index in [4.69, 9.17) is 0 Å². The molecule has 0 aliphatic carbocycles. The average Bonchev–Trinajstić information content (AvgIpc) is 2.70. The standard InChI is InChI=1S/C22H25N5O/c1-26(2)18-10-8-17(9-11-18)23-22-24-20-12-13-27(15-19(20)21(28)25-22)14-16-6-4-3-5-7-16/h3-11H,12-15H2,1-2H3,(H2,23,24,25,28). The fourth-order valence-corrected chi connectivity index (χ4v) is 3.50. The monoisotopic (exact) mass is 375 g/mol. The Morgan fingerprint density at radius 2 is 1.86 bits per heavy atom. The summed E-state index contributed by atoms with van der Waals surface area (Å²) >= 11 is 0. The molecule has 1 aliphatic rings.